The van der Waals surface area contributed by atoms with Gasteiger partial charge >= 0.3 is 0 Å². The summed E-state index contributed by atoms with van der Waals surface area (Å²) < 4.78 is 5.45. The van der Waals surface area contributed by atoms with Crippen molar-refractivity contribution >= 4 is 0 Å². The number of methoxy groups -OCH3 is 1. The Bertz CT molecular complexity index is 319. The highest BCUT2D eigenvalue weighted by atomic mass is 16.5. The second-order valence-corrected chi connectivity index (χ2v) is 4.74. The number of rotatable bonds is 5. The lowest BCUT2D eigenvalue weighted by molar-refractivity contribution is 0.00742. The first-order chi connectivity index (χ1) is 7.48. The van der Waals surface area contributed by atoms with E-state index in [1.165, 1.54) is 5.56 Å². The van der Waals surface area contributed by atoms with Crippen molar-refractivity contribution in [3.05, 3.63) is 29.6 Å². The molecule has 1 aromatic rings. The molecule has 3 heteroatoms. The summed E-state index contributed by atoms with van der Waals surface area (Å²) in [5.74, 6) is 0. The molecule has 16 heavy (non-hydrogen) atoms. The van der Waals surface area contributed by atoms with E-state index in [0.29, 0.717) is 0 Å². The fourth-order valence-corrected chi connectivity index (χ4v) is 1.65. The van der Waals surface area contributed by atoms with Crippen LogP contribution in [-0.2, 0) is 4.74 Å². The normalized spacial score (nSPS) is 13.8. The van der Waals surface area contributed by atoms with Gasteiger partial charge in [0.15, 0.2) is 0 Å². The number of hydrogen-bond acceptors (Lipinski definition) is 3. The first-order valence-corrected chi connectivity index (χ1v) is 5.63. The van der Waals surface area contributed by atoms with Crippen molar-refractivity contribution in [3.8, 4) is 0 Å². The molecule has 0 spiro atoms. The van der Waals surface area contributed by atoms with Gasteiger partial charge in [-0.3, -0.25) is 4.98 Å². The first kappa shape index (κ1) is 13.1. The minimum Gasteiger partial charge on any atom is -0.379 e. The predicted molar refractivity (Wildman–Crippen MR) is 66.5 cm³/mol. The molecule has 1 rings (SSSR count). The molecule has 0 aliphatic rings. The molecule has 1 N–H and O–H groups in total. The molecule has 1 atom stereocenters. The number of nitrogens with zero attached hydrogens (tertiary/aromatic N) is 1. The van der Waals surface area contributed by atoms with Crippen LogP contribution in [0.2, 0.25) is 0 Å². The summed E-state index contributed by atoms with van der Waals surface area (Å²) in [6, 6.07) is 4.44. The van der Waals surface area contributed by atoms with Gasteiger partial charge in [-0.05, 0) is 45.9 Å². The topological polar surface area (TPSA) is 34.1 Å². The van der Waals surface area contributed by atoms with E-state index in [1.807, 2.05) is 26.2 Å². The quantitative estimate of drug-likeness (QED) is 0.831. The van der Waals surface area contributed by atoms with E-state index < -0.39 is 0 Å². The Labute approximate surface area is 98.2 Å². The van der Waals surface area contributed by atoms with Crippen molar-refractivity contribution in [2.75, 3.05) is 14.2 Å². The molecule has 0 fully saturated rings. The van der Waals surface area contributed by atoms with E-state index in [4.69, 9.17) is 4.74 Å². The highest BCUT2D eigenvalue weighted by Gasteiger charge is 2.22. The van der Waals surface area contributed by atoms with Crippen LogP contribution >= 0.6 is 0 Å². The third kappa shape index (κ3) is 3.58. The Balaban J connectivity index is 2.78. The summed E-state index contributed by atoms with van der Waals surface area (Å²) in [5, 5.41) is 3.31. The number of pyridine rings is 1. The molecule has 1 heterocycles. The minimum atomic E-state index is -0.126. The highest BCUT2D eigenvalue weighted by Crippen LogP contribution is 2.25. The molecule has 90 valence electrons. The summed E-state index contributed by atoms with van der Waals surface area (Å²) >= 11 is 0. The van der Waals surface area contributed by atoms with Crippen molar-refractivity contribution < 1.29 is 4.74 Å². The number of aryl methyl sites for hydroxylation is 1. The largest absolute Gasteiger partial charge is 0.379 e. The van der Waals surface area contributed by atoms with Gasteiger partial charge in [-0.15, -0.1) is 0 Å². The van der Waals surface area contributed by atoms with Crippen LogP contribution < -0.4 is 5.32 Å². The molecular weight excluding hydrogens is 200 g/mol. The summed E-state index contributed by atoms with van der Waals surface area (Å²) in [7, 11) is 3.72. The van der Waals surface area contributed by atoms with Crippen LogP contribution in [0.5, 0.6) is 0 Å². The van der Waals surface area contributed by atoms with Crippen molar-refractivity contribution in [2.24, 2.45) is 0 Å². The third-order valence-electron chi connectivity index (χ3n) is 2.93. The van der Waals surface area contributed by atoms with Gasteiger partial charge in [0.2, 0.25) is 0 Å². The van der Waals surface area contributed by atoms with Crippen LogP contribution in [-0.4, -0.2) is 24.7 Å². The molecule has 0 bridgehead atoms. The van der Waals surface area contributed by atoms with E-state index in [-0.39, 0.29) is 11.6 Å². The number of ether oxygens (including phenoxy) is 1. The highest BCUT2D eigenvalue weighted by molar-refractivity contribution is 5.17. The lowest BCUT2D eigenvalue weighted by Crippen LogP contribution is -2.30. The molecule has 1 unspecified atom stereocenters. The Kier molecular flexibility index (Phi) is 4.44. The molecule has 3 nitrogen and oxygen atoms in total. The van der Waals surface area contributed by atoms with E-state index in [1.54, 1.807) is 7.11 Å². The van der Waals surface area contributed by atoms with Gasteiger partial charge in [0.25, 0.3) is 0 Å². The Morgan fingerprint density at radius 1 is 1.44 bits per heavy atom. The number of aromatic nitrogens is 1. The molecular formula is C13H22N2O. The van der Waals surface area contributed by atoms with Crippen LogP contribution in [0.3, 0.4) is 0 Å². The van der Waals surface area contributed by atoms with Gasteiger partial charge in [0, 0.05) is 25.0 Å². The summed E-state index contributed by atoms with van der Waals surface area (Å²) in [5.41, 5.74) is 2.13. The van der Waals surface area contributed by atoms with Crippen molar-refractivity contribution in [1.29, 1.82) is 0 Å². The van der Waals surface area contributed by atoms with Crippen LogP contribution in [0, 0.1) is 6.92 Å². The van der Waals surface area contributed by atoms with Crippen LogP contribution in [0.15, 0.2) is 18.3 Å². The zero-order valence-corrected chi connectivity index (χ0v) is 10.9. The Hall–Kier alpha value is -0.930. The third-order valence-corrected chi connectivity index (χ3v) is 2.93. The summed E-state index contributed by atoms with van der Waals surface area (Å²) in [6.07, 6.45) is 2.85. The second-order valence-electron chi connectivity index (χ2n) is 4.74. The lowest BCUT2D eigenvalue weighted by atomic mass is 9.94. The standard InChI is InChI=1S/C13H22N2O/c1-10-6-7-11(9-15-10)12(14-4)8-13(2,3)16-5/h6-7,9,12,14H,8H2,1-5H3. The second kappa shape index (κ2) is 5.41. The molecule has 0 saturated heterocycles. The fourth-order valence-electron chi connectivity index (χ4n) is 1.65. The lowest BCUT2D eigenvalue weighted by Gasteiger charge is -2.28. The van der Waals surface area contributed by atoms with Gasteiger partial charge in [-0.1, -0.05) is 6.07 Å². The van der Waals surface area contributed by atoms with Gasteiger partial charge in [-0.25, -0.2) is 0 Å². The van der Waals surface area contributed by atoms with Gasteiger partial charge < -0.3 is 10.1 Å². The molecule has 0 aliphatic heterocycles. The maximum absolute atomic E-state index is 5.45. The SMILES string of the molecule is CNC(CC(C)(C)OC)c1ccc(C)nc1. The van der Waals surface area contributed by atoms with Crippen molar-refractivity contribution in [3.63, 3.8) is 0 Å². The van der Waals surface area contributed by atoms with Crippen molar-refractivity contribution in [1.82, 2.24) is 10.3 Å². The van der Waals surface area contributed by atoms with E-state index in [2.05, 4.69) is 30.2 Å². The Morgan fingerprint density at radius 2 is 2.12 bits per heavy atom. The molecule has 1 aromatic heterocycles. The Morgan fingerprint density at radius 3 is 2.56 bits per heavy atom. The van der Waals surface area contributed by atoms with Crippen LogP contribution in [0.4, 0.5) is 0 Å². The van der Waals surface area contributed by atoms with E-state index in [0.717, 1.165) is 12.1 Å². The maximum atomic E-state index is 5.45. The van der Waals surface area contributed by atoms with Gasteiger partial charge in [0.05, 0.1) is 5.60 Å². The smallest absolute Gasteiger partial charge is 0.0640 e. The van der Waals surface area contributed by atoms with Gasteiger partial charge in [0.1, 0.15) is 0 Å². The number of nitrogens with one attached hydrogen (secondary N) is 1. The molecule has 0 radical (unpaired) electrons. The average molecular weight is 222 g/mol. The average Bonchev–Trinajstić information content (AvgIpc) is 2.27. The molecule has 0 saturated carbocycles. The zero-order valence-electron chi connectivity index (χ0n) is 10.9. The van der Waals surface area contributed by atoms with E-state index >= 15 is 0 Å². The fraction of sp³-hybridized carbons (Fsp3) is 0.615. The monoisotopic (exact) mass is 222 g/mol. The maximum Gasteiger partial charge on any atom is 0.0640 e. The first-order valence-electron chi connectivity index (χ1n) is 5.63. The van der Waals surface area contributed by atoms with Crippen LogP contribution in [0.1, 0.15) is 37.6 Å². The summed E-state index contributed by atoms with van der Waals surface area (Å²) in [4.78, 5) is 4.32. The molecule has 0 aliphatic carbocycles. The predicted octanol–water partition coefficient (Wildman–Crippen LogP) is 2.47. The molecule has 0 amide bonds. The minimum absolute atomic E-state index is 0.126. The summed E-state index contributed by atoms with van der Waals surface area (Å²) in [6.45, 7) is 6.19. The molecule has 0 aromatic carbocycles. The van der Waals surface area contributed by atoms with Crippen LogP contribution in [0.25, 0.3) is 0 Å². The van der Waals surface area contributed by atoms with Gasteiger partial charge in [-0.2, -0.15) is 0 Å². The van der Waals surface area contributed by atoms with E-state index in [9.17, 15) is 0 Å². The van der Waals surface area contributed by atoms with Crippen molar-refractivity contribution in [2.45, 2.75) is 38.8 Å². The number of hydrogen-bond donors (Lipinski definition) is 1. The zero-order chi connectivity index (χ0) is 12.2.